The minimum Gasteiger partial charge on any atom is -0.477 e. The Morgan fingerprint density at radius 3 is 2.67 bits per heavy atom. The second-order valence-electron chi connectivity index (χ2n) is 4.15. The van der Waals surface area contributed by atoms with Crippen LogP contribution in [0.2, 0.25) is 0 Å². The first kappa shape index (κ1) is 14.1. The van der Waals surface area contributed by atoms with Gasteiger partial charge in [0.05, 0.1) is 11.7 Å². The lowest BCUT2D eigenvalue weighted by Gasteiger charge is -2.17. The first-order valence-corrected chi connectivity index (χ1v) is 5.55. The van der Waals surface area contributed by atoms with Gasteiger partial charge in [0.1, 0.15) is 5.69 Å². The Bertz CT molecular complexity index is 446. The molecule has 0 spiro atoms. The topological polar surface area (TPSA) is 82.5 Å². The van der Waals surface area contributed by atoms with Crippen molar-refractivity contribution in [3.8, 4) is 0 Å². The molecule has 1 aromatic heterocycles. The molecule has 1 heterocycles. The highest BCUT2D eigenvalue weighted by atomic mass is 16.4. The second-order valence-corrected chi connectivity index (χ2v) is 4.15. The summed E-state index contributed by atoms with van der Waals surface area (Å²) in [5.74, 6) is -1.10. The lowest BCUT2D eigenvalue weighted by molar-refractivity contribution is -0.130. The molecule has 0 saturated carbocycles. The van der Waals surface area contributed by atoms with Crippen LogP contribution in [0.1, 0.15) is 23.1 Å². The maximum atomic E-state index is 11.6. The van der Waals surface area contributed by atoms with E-state index < -0.39 is 5.97 Å². The zero-order valence-corrected chi connectivity index (χ0v) is 10.7. The molecule has 98 valence electrons. The summed E-state index contributed by atoms with van der Waals surface area (Å²) < 4.78 is 0. The Kier molecular flexibility index (Phi) is 4.79. The summed E-state index contributed by atoms with van der Waals surface area (Å²) >= 11 is 0. The van der Waals surface area contributed by atoms with E-state index in [0.29, 0.717) is 12.2 Å². The van der Waals surface area contributed by atoms with Gasteiger partial charge in [0.15, 0.2) is 0 Å². The number of pyridine rings is 1. The maximum Gasteiger partial charge on any atom is 0.354 e. The van der Waals surface area contributed by atoms with E-state index in [2.05, 4.69) is 10.3 Å². The molecule has 6 nitrogen and oxygen atoms in total. The fourth-order valence-corrected chi connectivity index (χ4v) is 1.43. The molecule has 0 aliphatic rings. The van der Waals surface area contributed by atoms with Gasteiger partial charge in [-0.3, -0.25) is 4.79 Å². The average Bonchev–Trinajstić information content (AvgIpc) is 2.35. The Morgan fingerprint density at radius 2 is 2.11 bits per heavy atom. The van der Waals surface area contributed by atoms with Gasteiger partial charge in [-0.1, -0.05) is 6.07 Å². The van der Waals surface area contributed by atoms with E-state index in [0.717, 1.165) is 0 Å². The highest BCUT2D eigenvalue weighted by Crippen LogP contribution is 2.00. The van der Waals surface area contributed by atoms with Crippen LogP contribution in [-0.2, 0) is 11.3 Å². The number of carbonyl (C=O) groups excluding carboxylic acids is 1. The number of nitrogens with one attached hydrogen (secondary N) is 1. The molecule has 0 radical (unpaired) electrons. The molecule has 6 heteroatoms. The molecule has 1 aromatic rings. The summed E-state index contributed by atoms with van der Waals surface area (Å²) in [6.45, 7) is 2.10. The van der Waals surface area contributed by atoms with E-state index in [1.54, 1.807) is 33.2 Å². The van der Waals surface area contributed by atoms with Gasteiger partial charge in [0.25, 0.3) is 0 Å². The lowest BCUT2D eigenvalue weighted by atomic mass is 10.2. The first-order chi connectivity index (χ1) is 8.41. The summed E-state index contributed by atoms with van der Waals surface area (Å²) in [7, 11) is 3.37. The molecule has 0 aromatic carbocycles. The largest absolute Gasteiger partial charge is 0.477 e. The van der Waals surface area contributed by atoms with Crippen molar-refractivity contribution in [2.75, 3.05) is 14.1 Å². The van der Waals surface area contributed by atoms with E-state index >= 15 is 0 Å². The lowest BCUT2D eigenvalue weighted by Crippen LogP contribution is -2.41. The third kappa shape index (κ3) is 3.81. The van der Waals surface area contributed by atoms with E-state index in [4.69, 9.17) is 5.11 Å². The third-order valence-corrected chi connectivity index (χ3v) is 2.43. The summed E-state index contributed by atoms with van der Waals surface area (Å²) in [5, 5.41) is 11.8. The van der Waals surface area contributed by atoms with Crippen LogP contribution in [0.3, 0.4) is 0 Å². The standard InChI is InChI=1S/C12H17N3O3/c1-8(11(16)15(2)3)13-7-9-5-4-6-10(14-9)12(17)18/h4-6,8,13H,7H2,1-3H3,(H,17,18). The van der Waals surface area contributed by atoms with Gasteiger partial charge in [0, 0.05) is 20.6 Å². The number of hydrogen-bond donors (Lipinski definition) is 2. The highest BCUT2D eigenvalue weighted by molar-refractivity contribution is 5.85. The fourth-order valence-electron chi connectivity index (χ4n) is 1.43. The molecule has 1 atom stereocenters. The van der Waals surface area contributed by atoms with Crippen LogP contribution >= 0.6 is 0 Å². The van der Waals surface area contributed by atoms with Crippen molar-refractivity contribution in [3.63, 3.8) is 0 Å². The Labute approximate surface area is 106 Å². The predicted octanol–water partition coefficient (Wildman–Crippen LogP) is 0.346. The van der Waals surface area contributed by atoms with E-state index in [1.807, 2.05) is 0 Å². The van der Waals surface area contributed by atoms with Crippen molar-refractivity contribution in [3.05, 3.63) is 29.6 Å². The smallest absolute Gasteiger partial charge is 0.354 e. The van der Waals surface area contributed by atoms with E-state index in [1.165, 1.54) is 11.0 Å². The quantitative estimate of drug-likeness (QED) is 0.789. The van der Waals surface area contributed by atoms with Crippen molar-refractivity contribution < 1.29 is 14.7 Å². The van der Waals surface area contributed by atoms with Crippen LogP contribution in [-0.4, -0.2) is 47.0 Å². The van der Waals surface area contributed by atoms with Gasteiger partial charge in [0.2, 0.25) is 5.91 Å². The Balaban J connectivity index is 2.61. The number of nitrogens with zero attached hydrogens (tertiary/aromatic N) is 2. The number of hydrogen-bond acceptors (Lipinski definition) is 4. The average molecular weight is 251 g/mol. The minimum atomic E-state index is -1.06. The predicted molar refractivity (Wildman–Crippen MR) is 66.2 cm³/mol. The fraction of sp³-hybridized carbons (Fsp3) is 0.417. The number of carboxylic acid groups (broad SMARTS) is 1. The van der Waals surface area contributed by atoms with Crippen molar-refractivity contribution >= 4 is 11.9 Å². The van der Waals surface area contributed by atoms with E-state index in [-0.39, 0.29) is 17.6 Å². The summed E-state index contributed by atoms with van der Waals surface area (Å²) in [4.78, 5) is 27.8. The summed E-state index contributed by atoms with van der Waals surface area (Å²) in [6.07, 6.45) is 0. The molecule has 1 rings (SSSR count). The molecule has 0 fully saturated rings. The number of carboxylic acids is 1. The SMILES string of the molecule is CC(NCc1cccc(C(=O)O)n1)C(=O)N(C)C. The molecule has 0 aliphatic heterocycles. The minimum absolute atomic E-state index is 0.000823. The van der Waals surface area contributed by atoms with Crippen molar-refractivity contribution in [1.29, 1.82) is 0 Å². The van der Waals surface area contributed by atoms with Gasteiger partial charge in [-0.05, 0) is 19.1 Å². The van der Waals surface area contributed by atoms with Crippen molar-refractivity contribution in [2.45, 2.75) is 19.5 Å². The first-order valence-electron chi connectivity index (χ1n) is 5.55. The van der Waals surface area contributed by atoms with Crippen molar-refractivity contribution in [2.24, 2.45) is 0 Å². The van der Waals surface area contributed by atoms with Gasteiger partial charge in [-0.2, -0.15) is 0 Å². The highest BCUT2D eigenvalue weighted by Gasteiger charge is 2.14. The summed E-state index contributed by atoms with van der Waals surface area (Å²) in [5.41, 5.74) is 0.592. The van der Waals surface area contributed by atoms with Crippen LogP contribution in [0.25, 0.3) is 0 Å². The van der Waals surface area contributed by atoms with Gasteiger partial charge in [-0.25, -0.2) is 9.78 Å². The molecule has 1 unspecified atom stereocenters. The number of rotatable bonds is 5. The van der Waals surface area contributed by atoms with Crippen LogP contribution in [0.4, 0.5) is 0 Å². The second kappa shape index (κ2) is 6.11. The number of aromatic carboxylic acids is 1. The number of amides is 1. The van der Waals surface area contributed by atoms with Gasteiger partial charge in [-0.15, -0.1) is 0 Å². The zero-order chi connectivity index (χ0) is 13.7. The maximum absolute atomic E-state index is 11.6. The number of likely N-dealkylation sites (N-methyl/N-ethyl adjacent to an activating group) is 1. The van der Waals surface area contributed by atoms with Crippen molar-refractivity contribution in [1.82, 2.24) is 15.2 Å². The van der Waals surface area contributed by atoms with E-state index in [9.17, 15) is 9.59 Å². The molecular formula is C12H17N3O3. The monoisotopic (exact) mass is 251 g/mol. The normalized spacial score (nSPS) is 11.9. The molecule has 0 bridgehead atoms. The van der Waals surface area contributed by atoms with Crippen LogP contribution < -0.4 is 5.32 Å². The Hall–Kier alpha value is -1.95. The molecule has 18 heavy (non-hydrogen) atoms. The van der Waals surface area contributed by atoms with Crippen LogP contribution in [0, 0.1) is 0 Å². The van der Waals surface area contributed by atoms with Gasteiger partial charge < -0.3 is 15.3 Å². The van der Waals surface area contributed by atoms with Gasteiger partial charge >= 0.3 is 5.97 Å². The molecular weight excluding hydrogens is 234 g/mol. The summed E-state index contributed by atoms with van der Waals surface area (Å²) in [6, 6.07) is 4.44. The molecule has 0 saturated heterocycles. The molecule has 0 aliphatic carbocycles. The van der Waals surface area contributed by atoms with Crippen LogP contribution in [0.15, 0.2) is 18.2 Å². The van der Waals surface area contributed by atoms with Crippen LogP contribution in [0.5, 0.6) is 0 Å². The Morgan fingerprint density at radius 1 is 1.44 bits per heavy atom. The molecule has 2 N–H and O–H groups in total. The third-order valence-electron chi connectivity index (χ3n) is 2.43. The zero-order valence-electron chi connectivity index (χ0n) is 10.7. The number of aromatic nitrogens is 1. The molecule has 1 amide bonds. The number of carbonyl (C=O) groups is 2.